The monoisotopic (exact) mass is 509 g/mol. The number of carbonyl (C=O) groups excluding carboxylic acids is 2. The third kappa shape index (κ3) is 7.11. The lowest BCUT2D eigenvalue weighted by molar-refractivity contribution is -0.139. The van der Waals surface area contributed by atoms with Gasteiger partial charge in [-0.1, -0.05) is 29.8 Å². The van der Waals surface area contributed by atoms with Crippen molar-refractivity contribution in [2.24, 2.45) is 0 Å². The molecular weight excluding hydrogens is 478 g/mol. The molecule has 1 atom stereocenters. The van der Waals surface area contributed by atoms with Crippen LogP contribution in [-0.4, -0.2) is 57.1 Å². The van der Waals surface area contributed by atoms with E-state index in [9.17, 15) is 18.0 Å². The largest absolute Gasteiger partial charge is 0.497 e. The summed E-state index contributed by atoms with van der Waals surface area (Å²) >= 11 is 6.20. The summed E-state index contributed by atoms with van der Waals surface area (Å²) in [6, 6.07) is 11.0. The molecule has 0 aliphatic heterocycles. The molecule has 186 valence electrons. The van der Waals surface area contributed by atoms with Gasteiger partial charge in [0.25, 0.3) is 0 Å². The third-order valence-electron chi connectivity index (χ3n) is 5.30. The Labute approximate surface area is 206 Å². The number of halogens is 1. The molecule has 0 aromatic heterocycles. The summed E-state index contributed by atoms with van der Waals surface area (Å²) in [6.07, 6.45) is 1.03. The molecule has 2 amide bonds. The van der Waals surface area contributed by atoms with E-state index < -0.39 is 28.5 Å². The fourth-order valence-corrected chi connectivity index (χ4v) is 4.45. The highest BCUT2D eigenvalue weighted by atomic mass is 35.5. The summed E-state index contributed by atoms with van der Waals surface area (Å²) < 4.78 is 31.5. The molecule has 0 bridgehead atoms. The Morgan fingerprint density at radius 3 is 2.24 bits per heavy atom. The number of benzene rings is 2. The Morgan fingerprint density at radius 1 is 1.09 bits per heavy atom. The fourth-order valence-electron chi connectivity index (χ4n) is 3.38. The normalized spacial score (nSPS) is 12.2. The second kappa shape index (κ2) is 11.6. The van der Waals surface area contributed by atoms with Crippen LogP contribution in [0.4, 0.5) is 5.69 Å². The summed E-state index contributed by atoms with van der Waals surface area (Å²) in [4.78, 5) is 27.7. The van der Waals surface area contributed by atoms with Gasteiger partial charge in [-0.05, 0) is 63.1 Å². The predicted octanol–water partition coefficient (Wildman–Crippen LogP) is 3.36. The molecule has 34 heavy (non-hydrogen) atoms. The predicted molar refractivity (Wildman–Crippen MR) is 135 cm³/mol. The Hall–Kier alpha value is -2.78. The van der Waals surface area contributed by atoms with Crippen LogP contribution in [0.25, 0.3) is 0 Å². The molecule has 0 unspecified atom stereocenters. The maximum Gasteiger partial charge on any atom is 0.244 e. The van der Waals surface area contributed by atoms with Crippen LogP contribution in [0, 0.1) is 6.92 Å². The molecule has 0 saturated heterocycles. The van der Waals surface area contributed by atoms with E-state index in [1.54, 1.807) is 63.4 Å². The highest BCUT2D eigenvalue weighted by Crippen LogP contribution is 2.28. The maximum atomic E-state index is 13.5. The van der Waals surface area contributed by atoms with Crippen molar-refractivity contribution in [2.75, 3.05) is 24.2 Å². The number of amides is 2. The molecule has 0 spiro atoms. The van der Waals surface area contributed by atoms with Crippen LogP contribution < -0.4 is 14.4 Å². The van der Waals surface area contributed by atoms with Gasteiger partial charge in [0.05, 0.1) is 19.1 Å². The molecule has 0 saturated carbocycles. The molecule has 2 aromatic rings. The van der Waals surface area contributed by atoms with Crippen molar-refractivity contribution in [1.82, 2.24) is 10.2 Å². The summed E-state index contributed by atoms with van der Waals surface area (Å²) in [5.41, 5.74) is 1.62. The van der Waals surface area contributed by atoms with Crippen molar-refractivity contribution < 1.29 is 22.7 Å². The van der Waals surface area contributed by atoms with E-state index in [0.29, 0.717) is 22.0 Å². The van der Waals surface area contributed by atoms with Gasteiger partial charge in [0.1, 0.15) is 18.3 Å². The highest BCUT2D eigenvalue weighted by Gasteiger charge is 2.31. The number of rotatable bonds is 10. The van der Waals surface area contributed by atoms with Crippen LogP contribution in [0.5, 0.6) is 5.75 Å². The smallest absolute Gasteiger partial charge is 0.244 e. The van der Waals surface area contributed by atoms with E-state index in [4.69, 9.17) is 16.3 Å². The molecule has 2 rings (SSSR count). The van der Waals surface area contributed by atoms with Crippen LogP contribution in [-0.2, 0) is 26.2 Å². The Balaban J connectivity index is 2.42. The highest BCUT2D eigenvalue weighted by molar-refractivity contribution is 7.92. The Bertz CT molecular complexity index is 1120. The van der Waals surface area contributed by atoms with Crippen molar-refractivity contribution in [3.05, 3.63) is 58.6 Å². The van der Waals surface area contributed by atoms with Crippen molar-refractivity contribution in [1.29, 1.82) is 0 Å². The number of carbonyl (C=O) groups is 2. The topological polar surface area (TPSA) is 96.0 Å². The summed E-state index contributed by atoms with van der Waals surface area (Å²) in [5.74, 6) is -0.194. The second-order valence-electron chi connectivity index (χ2n) is 8.36. The lowest BCUT2D eigenvalue weighted by Crippen LogP contribution is -2.52. The number of nitrogens with one attached hydrogen (secondary N) is 1. The van der Waals surface area contributed by atoms with Gasteiger partial charge in [-0.15, -0.1) is 0 Å². The molecule has 0 aliphatic carbocycles. The van der Waals surface area contributed by atoms with Gasteiger partial charge in [0, 0.05) is 17.6 Å². The van der Waals surface area contributed by atoms with Gasteiger partial charge in [0.2, 0.25) is 21.8 Å². The first kappa shape index (κ1) is 27.5. The maximum absolute atomic E-state index is 13.5. The average Bonchev–Trinajstić information content (AvgIpc) is 2.76. The molecular formula is C24H32ClN3O5S. The van der Waals surface area contributed by atoms with Crippen LogP contribution >= 0.6 is 11.6 Å². The van der Waals surface area contributed by atoms with E-state index in [1.165, 1.54) is 4.90 Å². The minimum atomic E-state index is -3.82. The molecule has 0 aliphatic rings. The van der Waals surface area contributed by atoms with Crippen LogP contribution in [0.15, 0.2) is 42.5 Å². The van der Waals surface area contributed by atoms with Gasteiger partial charge in [-0.3, -0.25) is 13.9 Å². The van der Waals surface area contributed by atoms with Crippen molar-refractivity contribution in [3.63, 3.8) is 0 Å². The van der Waals surface area contributed by atoms with Crippen LogP contribution in [0.2, 0.25) is 5.02 Å². The van der Waals surface area contributed by atoms with E-state index in [-0.39, 0.29) is 18.5 Å². The first-order valence-corrected chi connectivity index (χ1v) is 13.0. The van der Waals surface area contributed by atoms with Crippen LogP contribution in [0.1, 0.15) is 31.9 Å². The average molecular weight is 510 g/mol. The Morgan fingerprint density at radius 2 is 1.71 bits per heavy atom. The van der Waals surface area contributed by atoms with Crippen LogP contribution in [0.3, 0.4) is 0 Å². The zero-order valence-electron chi connectivity index (χ0n) is 20.3. The zero-order chi connectivity index (χ0) is 25.6. The third-order valence-corrected chi connectivity index (χ3v) is 6.83. The van der Waals surface area contributed by atoms with Crippen molar-refractivity contribution in [3.8, 4) is 5.75 Å². The van der Waals surface area contributed by atoms with Crippen molar-refractivity contribution in [2.45, 2.75) is 46.3 Å². The Kier molecular flexibility index (Phi) is 9.35. The molecule has 10 heteroatoms. The zero-order valence-corrected chi connectivity index (χ0v) is 21.9. The van der Waals surface area contributed by atoms with E-state index in [2.05, 4.69) is 5.32 Å². The van der Waals surface area contributed by atoms with Gasteiger partial charge in [-0.25, -0.2) is 8.42 Å². The lowest BCUT2D eigenvalue weighted by atomic mass is 10.1. The second-order valence-corrected chi connectivity index (χ2v) is 10.7. The number of hydrogen-bond donors (Lipinski definition) is 1. The number of nitrogens with zero attached hydrogens (tertiary/aromatic N) is 2. The molecule has 0 radical (unpaired) electrons. The minimum Gasteiger partial charge on any atom is -0.497 e. The summed E-state index contributed by atoms with van der Waals surface area (Å²) in [7, 11) is -2.27. The number of ether oxygens (including phenoxy) is 1. The van der Waals surface area contributed by atoms with Gasteiger partial charge < -0.3 is 15.0 Å². The molecule has 0 fully saturated rings. The molecule has 8 nitrogen and oxygen atoms in total. The van der Waals surface area contributed by atoms with Gasteiger partial charge >= 0.3 is 0 Å². The van der Waals surface area contributed by atoms with Crippen molar-refractivity contribution >= 4 is 39.1 Å². The summed E-state index contributed by atoms with van der Waals surface area (Å²) in [5, 5.41) is 3.20. The fraction of sp³-hybridized carbons (Fsp3) is 0.417. The minimum absolute atomic E-state index is 0.113. The first-order valence-electron chi connectivity index (χ1n) is 10.8. The SMILES string of the molecule is COc1ccc(CN(C(=O)CN(c2cccc(Cl)c2C)S(C)(=O)=O)[C@@H](C)C(=O)NC(C)C)cc1. The molecule has 2 aromatic carbocycles. The van der Waals surface area contributed by atoms with E-state index >= 15 is 0 Å². The number of hydrogen-bond acceptors (Lipinski definition) is 5. The van der Waals surface area contributed by atoms with E-state index in [0.717, 1.165) is 16.1 Å². The standard InChI is InChI=1S/C24H32ClN3O5S/c1-16(2)26-24(30)18(4)27(14-19-10-12-20(33-5)13-11-19)23(29)15-28(34(6,31)32)22-9-7-8-21(25)17(22)3/h7-13,16,18H,14-15H2,1-6H3,(H,26,30)/t18-/m0/s1. The quantitative estimate of drug-likeness (QED) is 0.529. The summed E-state index contributed by atoms with van der Waals surface area (Å²) in [6.45, 7) is 6.60. The lowest BCUT2D eigenvalue weighted by Gasteiger charge is -2.32. The first-order chi connectivity index (χ1) is 15.8. The number of anilines is 1. The van der Waals surface area contributed by atoms with Gasteiger partial charge in [-0.2, -0.15) is 0 Å². The van der Waals surface area contributed by atoms with E-state index in [1.807, 2.05) is 13.8 Å². The van der Waals surface area contributed by atoms with Gasteiger partial charge in [0.15, 0.2) is 0 Å². The molecule has 0 heterocycles. The number of methoxy groups -OCH3 is 1. The molecule has 1 N–H and O–H groups in total. The number of sulfonamides is 1.